The summed E-state index contributed by atoms with van der Waals surface area (Å²) in [7, 11) is 0. The largest absolute Gasteiger partial charge is 0.444 e. The van der Waals surface area contributed by atoms with Crippen molar-refractivity contribution < 1.29 is 9.53 Å². The molecule has 3 N–H and O–H groups in total. The number of carbonyl (C=O) groups is 1. The fraction of sp³-hybridized carbons (Fsp3) is 0.462. The Bertz CT molecular complexity index is 440. The molecule has 6 heteroatoms. The number of carbonyl (C=O) groups excluding carboxylic acids is 1. The van der Waals surface area contributed by atoms with Crippen molar-refractivity contribution in [3.05, 3.63) is 33.3 Å². The Labute approximate surface area is 126 Å². The summed E-state index contributed by atoms with van der Waals surface area (Å²) >= 11 is 9.49. The van der Waals surface area contributed by atoms with Crippen molar-refractivity contribution in [2.24, 2.45) is 5.73 Å². The SMILES string of the molecule is CC(C)(C)OC(=O)NCC(N)c1c(Cl)cccc1Br. The average molecular weight is 350 g/mol. The maximum atomic E-state index is 11.5. The lowest BCUT2D eigenvalue weighted by Crippen LogP contribution is -2.36. The molecule has 1 aromatic rings. The quantitative estimate of drug-likeness (QED) is 0.876. The number of ether oxygens (including phenoxy) is 1. The van der Waals surface area contributed by atoms with Gasteiger partial charge < -0.3 is 15.8 Å². The standard InChI is InChI=1S/C13H18BrClN2O2/c1-13(2,3)19-12(18)17-7-10(16)11-8(14)5-4-6-9(11)15/h4-6,10H,7,16H2,1-3H3,(H,17,18). The summed E-state index contributed by atoms with van der Waals surface area (Å²) in [4.78, 5) is 11.5. The molecule has 0 saturated carbocycles. The highest BCUT2D eigenvalue weighted by molar-refractivity contribution is 9.10. The minimum Gasteiger partial charge on any atom is -0.444 e. The van der Waals surface area contributed by atoms with Crippen LogP contribution in [0.2, 0.25) is 5.02 Å². The van der Waals surface area contributed by atoms with Crippen LogP contribution >= 0.6 is 27.5 Å². The first-order chi connectivity index (χ1) is 8.70. The Balaban J connectivity index is 2.61. The van der Waals surface area contributed by atoms with Crippen LogP contribution in [-0.4, -0.2) is 18.2 Å². The van der Waals surface area contributed by atoms with Crippen molar-refractivity contribution in [2.45, 2.75) is 32.4 Å². The molecule has 0 aliphatic heterocycles. The molecule has 0 spiro atoms. The molecule has 0 fully saturated rings. The van der Waals surface area contributed by atoms with Gasteiger partial charge in [0.25, 0.3) is 0 Å². The van der Waals surface area contributed by atoms with E-state index >= 15 is 0 Å². The van der Waals surface area contributed by atoms with E-state index in [1.807, 2.05) is 12.1 Å². The van der Waals surface area contributed by atoms with Crippen molar-refractivity contribution >= 4 is 33.6 Å². The summed E-state index contributed by atoms with van der Waals surface area (Å²) in [5, 5.41) is 3.19. The van der Waals surface area contributed by atoms with E-state index in [4.69, 9.17) is 22.1 Å². The Morgan fingerprint density at radius 2 is 2.16 bits per heavy atom. The van der Waals surface area contributed by atoms with Crippen molar-refractivity contribution in [1.29, 1.82) is 0 Å². The van der Waals surface area contributed by atoms with E-state index in [0.717, 1.165) is 10.0 Å². The van der Waals surface area contributed by atoms with Gasteiger partial charge in [0.05, 0.1) is 0 Å². The zero-order valence-corrected chi connectivity index (χ0v) is 13.5. The summed E-state index contributed by atoms with van der Waals surface area (Å²) in [6.07, 6.45) is -0.494. The molecule has 4 nitrogen and oxygen atoms in total. The van der Waals surface area contributed by atoms with Crippen LogP contribution in [0.4, 0.5) is 4.79 Å². The third-order valence-corrected chi connectivity index (χ3v) is 3.26. The third kappa shape index (κ3) is 5.38. The number of nitrogens with two attached hydrogens (primary N) is 1. The zero-order valence-electron chi connectivity index (χ0n) is 11.2. The highest BCUT2D eigenvalue weighted by Gasteiger charge is 2.18. The second-order valence-corrected chi connectivity index (χ2v) is 6.39. The molecule has 0 aliphatic carbocycles. The molecule has 1 aromatic carbocycles. The number of rotatable bonds is 3. The normalized spacial score (nSPS) is 12.9. The van der Waals surface area contributed by atoms with Crippen molar-refractivity contribution in [1.82, 2.24) is 5.32 Å². The molecule has 0 bridgehead atoms. The Hall–Kier alpha value is -0.780. The van der Waals surface area contributed by atoms with Gasteiger partial charge in [0, 0.05) is 27.6 Å². The number of hydrogen-bond donors (Lipinski definition) is 2. The molecule has 0 saturated heterocycles. The van der Waals surface area contributed by atoms with Gasteiger partial charge in [-0.3, -0.25) is 0 Å². The third-order valence-electron chi connectivity index (χ3n) is 2.24. The van der Waals surface area contributed by atoms with Crippen molar-refractivity contribution in [2.75, 3.05) is 6.54 Å². The molecule has 0 aromatic heterocycles. The maximum absolute atomic E-state index is 11.5. The monoisotopic (exact) mass is 348 g/mol. The predicted octanol–water partition coefficient (Wildman–Crippen LogP) is 3.63. The van der Waals surface area contributed by atoms with Gasteiger partial charge in [-0.15, -0.1) is 0 Å². The highest BCUT2D eigenvalue weighted by atomic mass is 79.9. The first kappa shape index (κ1) is 16.3. The first-order valence-electron chi connectivity index (χ1n) is 5.87. The fourth-order valence-electron chi connectivity index (χ4n) is 1.47. The van der Waals surface area contributed by atoms with Crippen LogP contribution in [0.25, 0.3) is 0 Å². The van der Waals surface area contributed by atoms with Crippen molar-refractivity contribution in [3.63, 3.8) is 0 Å². The van der Waals surface area contributed by atoms with E-state index in [-0.39, 0.29) is 6.54 Å². The minimum absolute atomic E-state index is 0.247. The summed E-state index contributed by atoms with van der Waals surface area (Å²) in [6, 6.07) is 5.03. The summed E-state index contributed by atoms with van der Waals surface area (Å²) < 4.78 is 5.95. The smallest absolute Gasteiger partial charge is 0.407 e. The van der Waals surface area contributed by atoms with Gasteiger partial charge in [0.1, 0.15) is 5.60 Å². The number of amides is 1. The second kappa shape index (κ2) is 6.59. The van der Waals surface area contributed by atoms with Crippen LogP contribution in [0.5, 0.6) is 0 Å². The lowest BCUT2D eigenvalue weighted by molar-refractivity contribution is 0.0524. The van der Waals surface area contributed by atoms with Gasteiger partial charge in [-0.2, -0.15) is 0 Å². The molecule has 0 radical (unpaired) electrons. The lowest BCUT2D eigenvalue weighted by atomic mass is 10.1. The Morgan fingerprint density at radius 1 is 1.53 bits per heavy atom. The van der Waals surface area contributed by atoms with E-state index in [0.29, 0.717) is 5.02 Å². The van der Waals surface area contributed by atoms with E-state index in [9.17, 15) is 4.79 Å². The Morgan fingerprint density at radius 3 is 2.68 bits per heavy atom. The van der Waals surface area contributed by atoms with Crippen molar-refractivity contribution in [3.8, 4) is 0 Å². The van der Waals surface area contributed by atoms with Gasteiger partial charge in [-0.05, 0) is 32.9 Å². The molecule has 19 heavy (non-hydrogen) atoms. The molecule has 1 rings (SSSR count). The van der Waals surface area contributed by atoms with Gasteiger partial charge in [-0.25, -0.2) is 4.79 Å². The van der Waals surface area contributed by atoms with Crippen LogP contribution in [0.3, 0.4) is 0 Å². The Kier molecular flexibility index (Phi) is 5.64. The predicted molar refractivity (Wildman–Crippen MR) is 80.3 cm³/mol. The molecular formula is C13H18BrClN2O2. The van der Waals surface area contributed by atoms with E-state index < -0.39 is 17.7 Å². The van der Waals surface area contributed by atoms with Crippen LogP contribution in [-0.2, 0) is 4.74 Å². The van der Waals surface area contributed by atoms with Gasteiger partial charge in [0.2, 0.25) is 0 Å². The molecule has 0 heterocycles. The van der Waals surface area contributed by atoms with E-state index in [2.05, 4.69) is 21.2 Å². The molecule has 1 atom stereocenters. The summed E-state index contributed by atoms with van der Waals surface area (Å²) in [6.45, 7) is 5.66. The lowest BCUT2D eigenvalue weighted by Gasteiger charge is -2.21. The maximum Gasteiger partial charge on any atom is 0.407 e. The van der Waals surface area contributed by atoms with Gasteiger partial charge in [-0.1, -0.05) is 33.6 Å². The van der Waals surface area contributed by atoms with E-state index in [1.165, 1.54) is 0 Å². The topological polar surface area (TPSA) is 64.3 Å². The second-order valence-electron chi connectivity index (χ2n) is 5.12. The minimum atomic E-state index is -0.529. The molecule has 106 valence electrons. The number of alkyl carbamates (subject to hydrolysis) is 1. The molecule has 1 amide bonds. The van der Waals surface area contributed by atoms with Crippen LogP contribution in [0.15, 0.2) is 22.7 Å². The van der Waals surface area contributed by atoms with Crippen LogP contribution < -0.4 is 11.1 Å². The summed E-state index contributed by atoms with van der Waals surface area (Å²) in [5.41, 5.74) is 6.26. The summed E-state index contributed by atoms with van der Waals surface area (Å²) in [5.74, 6) is 0. The molecular weight excluding hydrogens is 332 g/mol. The molecule has 1 unspecified atom stereocenters. The van der Waals surface area contributed by atoms with Crippen LogP contribution in [0.1, 0.15) is 32.4 Å². The van der Waals surface area contributed by atoms with Crippen LogP contribution in [0, 0.1) is 0 Å². The molecule has 0 aliphatic rings. The number of nitrogens with one attached hydrogen (secondary N) is 1. The van der Waals surface area contributed by atoms with Gasteiger partial charge >= 0.3 is 6.09 Å². The fourth-order valence-corrected chi connectivity index (χ4v) is 2.56. The van der Waals surface area contributed by atoms with Gasteiger partial charge in [0.15, 0.2) is 0 Å². The first-order valence-corrected chi connectivity index (χ1v) is 7.04. The number of benzene rings is 1. The number of halogens is 2. The highest BCUT2D eigenvalue weighted by Crippen LogP contribution is 2.29. The number of hydrogen-bond acceptors (Lipinski definition) is 3. The zero-order chi connectivity index (χ0) is 14.6. The average Bonchev–Trinajstić information content (AvgIpc) is 2.23. The van der Waals surface area contributed by atoms with E-state index in [1.54, 1.807) is 26.8 Å².